The lowest BCUT2D eigenvalue weighted by atomic mass is 10.0. The van der Waals surface area contributed by atoms with Crippen molar-refractivity contribution in [1.29, 1.82) is 0 Å². The summed E-state index contributed by atoms with van der Waals surface area (Å²) in [5, 5.41) is 8.90. The molecule has 3 unspecified atom stereocenters. The van der Waals surface area contributed by atoms with Crippen LogP contribution < -0.4 is 0 Å². The molecule has 2 aliphatic rings. The number of ketones is 1. The van der Waals surface area contributed by atoms with Crippen molar-refractivity contribution in [3.63, 3.8) is 0 Å². The van der Waals surface area contributed by atoms with Crippen molar-refractivity contribution in [2.24, 2.45) is 0 Å². The summed E-state index contributed by atoms with van der Waals surface area (Å²) in [6, 6.07) is 8.41. The first-order valence-electron chi connectivity index (χ1n) is 9.34. The van der Waals surface area contributed by atoms with Gasteiger partial charge in [-0.15, -0.1) is 0 Å². The van der Waals surface area contributed by atoms with Gasteiger partial charge in [-0.2, -0.15) is 0 Å². The molecule has 3 atom stereocenters. The van der Waals surface area contributed by atoms with Crippen LogP contribution >= 0.6 is 0 Å². The highest BCUT2D eigenvalue weighted by Crippen LogP contribution is 2.30. The normalized spacial score (nSPS) is 23.8. The smallest absolute Gasteiger partial charge is 0.417 e. The Kier molecular flexibility index (Phi) is 6.79. The van der Waals surface area contributed by atoms with Gasteiger partial charge in [-0.05, 0) is 36.6 Å². The van der Waals surface area contributed by atoms with Gasteiger partial charge in [-0.3, -0.25) is 9.59 Å². The predicted octanol–water partition coefficient (Wildman–Crippen LogP) is 1.90. The monoisotopic (exact) mass is 401 g/mol. The molecule has 2 aliphatic heterocycles. The number of benzene rings is 1. The number of methoxy groups -OCH3 is 1. The zero-order valence-electron chi connectivity index (χ0n) is 16.0. The molecule has 29 heavy (non-hydrogen) atoms. The molecule has 0 radical (unpaired) electrons. The largest absolute Gasteiger partial charge is 0.479 e. The van der Waals surface area contributed by atoms with Crippen molar-refractivity contribution < 1.29 is 33.7 Å². The molecule has 1 N–H and O–H groups in total. The van der Waals surface area contributed by atoms with Crippen LogP contribution in [0.3, 0.4) is 0 Å². The molecular weight excluding hydrogens is 378 g/mol. The number of carbonyl (C=O) groups is 3. The van der Waals surface area contributed by atoms with Gasteiger partial charge in [0.05, 0.1) is 0 Å². The summed E-state index contributed by atoms with van der Waals surface area (Å²) in [5.41, 5.74) is 0.738. The Morgan fingerprint density at radius 3 is 2.76 bits per heavy atom. The van der Waals surface area contributed by atoms with Gasteiger partial charge >= 0.3 is 6.09 Å². The van der Waals surface area contributed by atoms with Crippen LogP contribution in [0.5, 0.6) is 0 Å². The maximum atomic E-state index is 13.2. The van der Waals surface area contributed by atoms with Crippen molar-refractivity contribution in [2.75, 3.05) is 20.3 Å². The van der Waals surface area contributed by atoms with E-state index in [0.29, 0.717) is 18.6 Å². The first-order chi connectivity index (χ1) is 14.1. The first kappa shape index (κ1) is 20.8. The Morgan fingerprint density at radius 1 is 1.31 bits per heavy atom. The molecule has 1 aromatic carbocycles. The zero-order valence-corrected chi connectivity index (χ0v) is 16.0. The Bertz CT molecular complexity index is 818. The van der Waals surface area contributed by atoms with Crippen LogP contribution in [0, 0.1) is 0 Å². The van der Waals surface area contributed by atoms with Crippen LogP contribution in [0.2, 0.25) is 0 Å². The Labute approximate surface area is 168 Å². The van der Waals surface area contributed by atoms with Crippen molar-refractivity contribution in [3.05, 3.63) is 59.9 Å². The molecule has 1 aromatic rings. The van der Waals surface area contributed by atoms with Crippen molar-refractivity contribution in [1.82, 2.24) is 4.90 Å². The molecule has 2 amide bonds. The molecule has 0 bridgehead atoms. The average Bonchev–Trinajstić information content (AvgIpc) is 3.12. The number of carbonyl (C=O) groups excluding carboxylic acids is 3. The number of nitrogens with zero attached hydrogens (tertiary/aromatic N) is 1. The molecule has 154 valence electrons. The number of hydrogen-bond donors (Lipinski definition) is 1. The minimum absolute atomic E-state index is 0.0245. The number of unbranched alkanes of at least 4 members (excludes halogenated alkanes) is 1. The number of aliphatic hydroxyl groups excluding tert-OH is 1. The van der Waals surface area contributed by atoms with Gasteiger partial charge in [0.25, 0.3) is 5.91 Å². The fourth-order valence-corrected chi connectivity index (χ4v) is 3.24. The summed E-state index contributed by atoms with van der Waals surface area (Å²) in [4.78, 5) is 38.8. The summed E-state index contributed by atoms with van der Waals surface area (Å²) in [6.45, 7) is 0.0592. The summed E-state index contributed by atoms with van der Waals surface area (Å²) < 4.78 is 16.1. The third kappa shape index (κ3) is 4.55. The standard InChI is InChI=1S/C21H23NO7/c1-27-19(18-17(24)11-10-15(29-18)9-5-6-12-23)20(25)22-16(13-28-21(22)26)14-7-3-2-4-8-14/h2-4,7-11,16,18-19,23H,5-6,12-13H2,1H3. The molecule has 8 heteroatoms. The maximum Gasteiger partial charge on any atom is 0.417 e. The number of allylic oxidation sites excluding steroid dienone is 2. The van der Waals surface area contributed by atoms with E-state index < -0.39 is 36.0 Å². The molecule has 0 spiro atoms. The number of rotatable bonds is 7. The highest BCUT2D eigenvalue weighted by atomic mass is 16.6. The van der Waals surface area contributed by atoms with E-state index in [-0.39, 0.29) is 13.2 Å². The number of amides is 2. The highest BCUT2D eigenvalue weighted by molar-refractivity contribution is 6.03. The molecule has 0 aromatic heterocycles. The van der Waals surface area contributed by atoms with Gasteiger partial charge < -0.3 is 19.3 Å². The maximum absolute atomic E-state index is 13.2. The van der Waals surface area contributed by atoms with Gasteiger partial charge in [-0.1, -0.05) is 30.3 Å². The molecule has 0 saturated carbocycles. The Balaban J connectivity index is 1.82. The van der Waals surface area contributed by atoms with Gasteiger partial charge in [-0.25, -0.2) is 9.69 Å². The number of aliphatic hydroxyl groups is 1. The van der Waals surface area contributed by atoms with E-state index in [1.807, 2.05) is 6.07 Å². The Hall–Kier alpha value is -2.97. The highest BCUT2D eigenvalue weighted by Gasteiger charge is 2.46. The third-order valence-corrected chi connectivity index (χ3v) is 4.73. The van der Waals surface area contributed by atoms with Crippen molar-refractivity contribution >= 4 is 17.8 Å². The van der Waals surface area contributed by atoms with Crippen molar-refractivity contribution in [3.8, 4) is 0 Å². The first-order valence-corrected chi connectivity index (χ1v) is 9.34. The van der Waals surface area contributed by atoms with E-state index in [1.54, 1.807) is 30.3 Å². The molecule has 3 rings (SSSR count). The van der Waals surface area contributed by atoms with Gasteiger partial charge in [0.15, 0.2) is 18.0 Å². The van der Waals surface area contributed by atoms with Gasteiger partial charge in [0, 0.05) is 13.7 Å². The summed E-state index contributed by atoms with van der Waals surface area (Å²) in [7, 11) is 1.28. The van der Waals surface area contributed by atoms with E-state index in [1.165, 1.54) is 19.3 Å². The summed E-state index contributed by atoms with van der Waals surface area (Å²) in [6.07, 6.45) is 2.32. The molecule has 2 heterocycles. The fourth-order valence-electron chi connectivity index (χ4n) is 3.24. The van der Waals surface area contributed by atoms with Crippen LogP contribution in [0.1, 0.15) is 24.4 Å². The zero-order chi connectivity index (χ0) is 20.8. The van der Waals surface area contributed by atoms with Gasteiger partial charge in [0.1, 0.15) is 18.4 Å². The minimum atomic E-state index is -1.31. The molecule has 1 saturated heterocycles. The molecular formula is C21H23NO7. The second-order valence-electron chi connectivity index (χ2n) is 6.61. The lowest BCUT2D eigenvalue weighted by molar-refractivity contribution is -0.153. The van der Waals surface area contributed by atoms with E-state index in [2.05, 4.69) is 0 Å². The second-order valence-corrected chi connectivity index (χ2v) is 6.61. The SMILES string of the molecule is COC(C(=O)N1C(=O)OCC1c1ccccc1)C1OC(=CCCCO)C=CC1=O. The van der Waals surface area contributed by atoms with Gasteiger partial charge in [0.2, 0.25) is 0 Å². The van der Waals surface area contributed by atoms with Crippen LogP contribution in [0.15, 0.2) is 54.3 Å². The molecule has 8 nitrogen and oxygen atoms in total. The number of hydrogen-bond acceptors (Lipinski definition) is 7. The lowest BCUT2D eigenvalue weighted by Gasteiger charge is -2.30. The number of imide groups is 1. The average molecular weight is 401 g/mol. The summed E-state index contributed by atoms with van der Waals surface area (Å²) in [5.74, 6) is -0.734. The molecule has 1 fully saturated rings. The number of cyclic esters (lactones) is 1. The topological polar surface area (TPSA) is 102 Å². The second kappa shape index (κ2) is 9.49. The predicted molar refractivity (Wildman–Crippen MR) is 102 cm³/mol. The van der Waals surface area contributed by atoms with Crippen LogP contribution in [0.25, 0.3) is 0 Å². The minimum Gasteiger partial charge on any atom is -0.479 e. The quantitative estimate of drug-likeness (QED) is 0.696. The van der Waals surface area contributed by atoms with E-state index in [4.69, 9.17) is 19.3 Å². The lowest BCUT2D eigenvalue weighted by Crippen LogP contribution is -2.51. The van der Waals surface area contributed by atoms with Crippen LogP contribution in [-0.4, -0.2) is 60.3 Å². The van der Waals surface area contributed by atoms with E-state index in [9.17, 15) is 14.4 Å². The van der Waals surface area contributed by atoms with Crippen LogP contribution in [-0.2, 0) is 23.8 Å². The van der Waals surface area contributed by atoms with Crippen LogP contribution in [0.4, 0.5) is 4.79 Å². The fraction of sp³-hybridized carbons (Fsp3) is 0.381. The van der Waals surface area contributed by atoms with Crippen molar-refractivity contribution in [2.45, 2.75) is 31.1 Å². The Morgan fingerprint density at radius 2 is 2.07 bits per heavy atom. The third-order valence-electron chi connectivity index (χ3n) is 4.73. The summed E-state index contributed by atoms with van der Waals surface area (Å²) >= 11 is 0. The van der Waals surface area contributed by atoms with E-state index >= 15 is 0 Å². The molecule has 0 aliphatic carbocycles. The number of ether oxygens (including phenoxy) is 3. The van der Waals surface area contributed by atoms with E-state index in [0.717, 1.165) is 10.5 Å².